The molecule has 1 heterocycles. The number of amides is 1. The molecule has 6 atom stereocenters. The molecule has 1 rings (SSSR count). The minimum atomic E-state index is -1.15. The van der Waals surface area contributed by atoms with Gasteiger partial charge in [-0.3, -0.25) is 19.2 Å². The molecule has 0 aliphatic carbocycles. The maximum absolute atomic E-state index is 11.9. The van der Waals surface area contributed by atoms with E-state index in [4.69, 9.17) is 39.3 Å². The third-order valence-corrected chi connectivity index (χ3v) is 5.50. The van der Waals surface area contributed by atoms with Crippen LogP contribution in [0.1, 0.15) is 59.3 Å². The van der Waals surface area contributed by atoms with Crippen molar-refractivity contribution in [2.24, 2.45) is 11.7 Å². The first-order valence-electron chi connectivity index (χ1n) is 12.4. The maximum Gasteiger partial charge on any atom is 0.303 e. The van der Waals surface area contributed by atoms with Crippen molar-refractivity contribution < 1.29 is 57.8 Å². The van der Waals surface area contributed by atoms with Gasteiger partial charge in [-0.25, -0.2) is 0 Å². The molecule has 1 fully saturated rings. The van der Waals surface area contributed by atoms with E-state index in [0.29, 0.717) is 13.0 Å². The number of esters is 3. The van der Waals surface area contributed by atoms with Crippen LogP contribution in [0.4, 0.5) is 0 Å². The first-order valence-corrected chi connectivity index (χ1v) is 12.4. The van der Waals surface area contributed by atoms with Crippen LogP contribution in [-0.2, 0) is 47.6 Å². The highest BCUT2D eigenvalue weighted by Gasteiger charge is 2.51. The number of carbonyl (C=O) groups is 4. The highest BCUT2D eigenvalue weighted by atomic mass is 16.7. The molecule has 0 spiro atoms. The molecular weight excluding hydrogens is 494 g/mol. The first-order chi connectivity index (χ1) is 17.5. The number of aliphatic hydroxyl groups is 2. The van der Waals surface area contributed by atoms with Crippen LogP contribution < -0.4 is 5.73 Å². The number of hydrogen-bond acceptors (Lipinski definition) is 12. The van der Waals surface area contributed by atoms with Crippen LogP contribution in [0.5, 0.6) is 0 Å². The van der Waals surface area contributed by atoms with Crippen molar-refractivity contribution in [2.75, 3.05) is 33.0 Å². The summed E-state index contributed by atoms with van der Waals surface area (Å²) < 4.78 is 32.9. The number of aliphatic hydroxyl groups excluding tert-OH is 2. The molecule has 13 nitrogen and oxygen atoms in total. The van der Waals surface area contributed by atoms with E-state index in [1.54, 1.807) is 0 Å². The number of carbonyl (C=O) groups excluding carboxylic acids is 4. The van der Waals surface area contributed by atoms with E-state index >= 15 is 0 Å². The fraction of sp³-hybridized carbons (Fsp3) is 0.833. The van der Waals surface area contributed by atoms with Crippen molar-refractivity contribution in [3.63, 3.8) is 0 Å². The fourth-order valence-corrected chi connectivity index (χ4v) is 3.89. The number of primary amides is 1. The largest absolute Gasteiger partial charge is 0.463 e. The second-order valence-electron chi connectivity index (χ2n) is 8.88. The fourth-order valence-electron chi connectivity index (χ4n) is 3.89. The summed E-state index contributed by atoms with van der Waals surface area (Å²) in [6.45, 7) is 3.80. The van der Waals surface area contributed by atoms with Gasteiger partial charge in [-0.15, -0.1) is 0 Å². The summed E-state index contributed by atoms with van der Waals surface area (Å²) in [5, 5.41) is 18.0. The normalized spacial score (nSPS) is 24.2. The Hall–Kier alpha value is -2.32. The van der Waals surface area contributed by atoms with E-state index < -0.39 is 60.4 Å². The lowest BCUT2D eigenvalue weighted by molar-refractivity contribution is -0.291. The third-order valence-electron chi connectivity index (χ3n) is 5.50. The molecule has 0 radical (unpaired) electrons. The Morgan fingerprint density at radius 2 is 1.49 bits per heavy atom. The minimum Gasteiger partial charge on any atom is -0.463 e. The molecule has 37 heavy (non-hydrogen) atoms. The summed E-state index contributed by atoms with van der Waals surface area (Å²) in [5.41, 5.74) is 5.42. The zero-order valence-electron chi connectivity index (χ0n) is 21.8. The van der Waals surface area contributed by atoms with E-state index in [0.717, 1.165) is 25.7 Å². The molecule has 1 aliphatic rings. The average Bonchev–Trinajstić information content (AvgIpc) is 2.81. The lowest BCUT2D eigenvalue weighted by atomic mass is 9.87. The molecule has 0 bridgehead atoms. The highest BCUT2D eigenvalue weighted by molar-refractivity contribution is 5.74. The van der Waals surface area contributed by atoms with Gasteiger partial charge in [0.15, 0.2) is 12.4 Å². The zero-order chi connectivity index (χ0) is 27.8. The second-order valence-corrected chi connectivity index (χ2v) is 8.88. The molecule has 214 valence electrons. The topological polar surface area (TPSA) is 190 Å². The summed E-state index contributed by atoms with van der Waals surface area (Å²) in [5.74, 6) is -3.47. The standard InChI is InChI=1S/C24H41NO12/c1-15(27)34-14-20-23(36-17(3)29)22(35-16(2)28)19(11-21(25)31)24(37-20)33-10-8-6-4-5-7-9-32-13-18(30)12-26/h18-20,22-24,26,30H,4-14H2,1-3H3,(H2,25,31)/t18-,19-,20-,22-,23+,24-/m1/s1. The van der Waals surface area contributed by atoms with E-state index in [9.17, 15) is 24.3 Å². The van der Waals surface area contributed by atoms with Crippen LogP contribution >= 0.6 is 0 Å². The average molecular weight is 536 g/mol. The van der Waals surface area contributed by atoms with Crippen molar-refractivity contribution in [3.8, 4) is 0 Å². The van der Waals surface area contributed by atoms with Crippen molar-refractivity contribution in [1.82, 2.24) is 0 Å². The van der Waals surface area contributed by atoms with Crippen LogP contribution in [0, 0.1) is 5.92 Å². The van der Waals surface area contributed by atoms with Gasteiger partial charge in [0, 0.05) is 40.4 Å². The van der Waals surface area contributed by atoms with Gasteiger partial charge in [0.05, 0.1) is 19.1 Å². The molecule has 1 amide bonds. The quantitative estimate of drug-likeness (QED) is 0.121. The Bertz CT molecular complexity index is 718. The Kier molecular flexibility index (Phi) is 15.9. The van der Waals surface area contributed by atoms with Crippen molar-refractivity contribution in [3.05, 3.63) is 0 Å². The first kappa shape index (κ1) is 32.7. The predicted octanol–water partition coefficient (Wildman–Crippen LogP) is -0.0337. The summed E-state index contributed by atoms with van der Waals surface area (Å²) in [4.78, 5) is 46.8. The molecule has 0 aromatic carbocycles. The van der Waals surface area contributed by atoms with E-state index in [2.05, 4.69) is 0 Å². The van der Waals surface area contributed by atoms with Crippen LogP contribution in [0.2, 0.25) is 0 Å². The Balaban J connectivity index is 2.74. The number of nitrogens with two attached hydrogens (primary N) is 1. The van der Waals surface area contributed by atoms with E-state index in [1.165, 1.54) is 20.8 Å². The van der Waals surface area contributed by atoms with E-state index in [-0.39, 0.29) is 32.8 Å². The molecular formula is C24H41NO12. The second kappa shape index (κ2) is 18.0. The monoisotopic (exact) mass is 535 g/mol. The predicted molar refractivity (Wildman–Crippen MR) is 127 cm³/mol. The Morgan fingerprint density at radius 3 is 2.05 bits per heavy atom. The van der Waals surface area contributed by atoms with Crippen LogP contribution in [0.3, 0.4) is 0 Å². The van der Waals surface area contributed by atoms with Crippen molar-refractivity contribution >= 4 is 23.8 Å². The molecule has 4 N–H and O–H groups in total. The third kappa shape index (κ3) is 13.7. The summed E-state index contributed by atoms with van der Waals surface area (Å²) in [6.07, 6.45) is -1.28. The number of hydrogen-bond donors (Lipinski definition) is 3. The molecule has 0 aromatic rings. The van der Waals surface area contributed by atoms with Gasteiger partial charge in [0.25, 0.3) is 0 Å². The van der Waals surface area contributed by atoms with Gasteiger partial charge in [-0.2, -0.15) is 0 Å². The smallest absolute Gasteiger partial charge is 0.303 e. The molecule has 13 heteroatoms. The summed E-state index contributed by atoms with van der Waals surface area (Å²) in [7, 11) is 0. The molecule has 1 aliphatic heterocycles. The van der Waals surface area contributed by atoms with Crippen molar-refractivity contribution in [2.45, 2.75) is 90.0 Å². The van der Waals surface area contributed by atoms with Crippen molar-refractivity contribution in [1.29, 1.82) is 0 Å². The highest BCUT2D eigenvalue weighted by Crippen LogP contribution is 2.34. The van der Waals surface area contributed by atoms with Crippen LogP contribution in [0.15, 0.2) is 0 Å². The number of rotatable bonds is 18. The van der Waals surface area contributed by atoms with E-state index in [1.807, 2.05) is 0 Å². The summed E-state index contributed by atoms with van der Waals surface area (Å²) in [6, 6.07) is 0. The van der Waals surface area contributed by atoms with Gasteiger partial charge >= 0.3 is 17.9 Å². The maximum atomic E-state index is 11.9. The van der Waals surface area contributed by atoms with Crippen LogP contribution in [0.25, 0.3) is 0 Å². The van der Waals surface area contributed by atoms with Gasteiger partial charge in [-0.05, 0) is 12.8 Å². The molecule has 0 aromatic heterocycles. The lowest BCUT2D eigenvalue weighted by Gasteiger charge is -2.44. The Morgan fingerprint density at radius 1 is 0.892 bits per heavy atom. The van der Waals surface area contributed by atoms with Gasteiger partial charge < -0.3 is 44.4 Å². The molecule has 1 saturated heterocycles. The molecule has 0 saturated carbocycles. The number of ether oxygens (including phenoxy) is 6. The van der Waals surface area contributed by atoms with Crippen LogP contribution in [-0.4, -0.2) is 97.8 Å². The number of unbranched alkanes of at least 4 members (excludes halogenated alkanes) is 4. The molecule has 0 unspecified atom stereocenters. The summed E-state index contributed by atoms with van der Waals surface area (Å²) >= 11 is 0. The van der Waals surface area contributed by atoms with Gasteiger partial charge in [0.2, 0.25) is 5.91 Å². The van der Waals surface area contributed by atoms with Gasteiger partial charge in [0.1, 0.15) is 24.9 Å². The lowest BCUT2D eigenvalue weighted by Crippen LogP contribution is -2.59. The minimum absolute atomic E-state index is 0.100. The zero-order valence-corrected chi connectivity index (χ0v) is 21.8. The van der Waals surface area contributed by atoms with Gasteiger partial charge in [-0.1, -0.05) is 19.3 Å². The Labute approximate surface area is 216 Å². The SMILES string of the molecule is CC(=O)OC[C@H]1O[C@@H](OCCCCCCCOC[C@H](O)CO)[C@H](CC(N)=O)[C@@H](OC(C)=O)[C@H]1OC(C)=O.